The number of hydrogen-bond acceptors (Lipinski definition) is 1. The Hall–Kier alpha value is -0.850. The van der Waals surface area contributed by atoms with Gasteiger partial charge < -0.3 is 0 Å². The predicted octanol–water partition coefficient (Wildman–Crippen LogP) is 2.89. The Labute approximate surface area is 73.9 Å². The molecule has 64 valence electrons. The molecule has 0 amide bonds. The van der Waals surface area contributed by atoms with Crippen LogP contribution >= 0.6 is 0 Å². The summed E-state index contributed by atoms with van der Waals surface area (Å²) >= 11 is 0. The summed E-state index contributed by atoms with van der Waals surface area (Å²) < 4.78 is 0. The molecule has 0 radical (unpaired) electrons. The van der Waals surface area contributed by atoms with Crippen molar-refractivity contribution in [1.82, 2.24) is 0 Å². The molecule has 2 aliphatic rings. The van der Waals surface area contributed by atoms with Gasteiger partial charge in [-0.15, -0.1) is 0 Å². The van der Waals surface area contributed by atoms with Crippen molar-refractivity contribution in [2.45, 2.75) is 32.1 Å². The number of nitrogens with zero attached hydrogens (tertiary/aromatic N) is 1. The van der Waals surface area contributed by atoms with Gasteiger partial charge in [0.15, 0.2) is 0 Å². The highest BCUT2D eigenvalue weighted by Gasteiger charge is 2.08. The van der Waals surface area contributed by atoms with Crippen LogP contribution in [0.1, 0.15) is 32.1 Å². The number of rotatable bonds is 2. The zero-order valence-electron chi connectivity index (χ0n) is 7.42. The lowest BCUT2D eigenvalue weighted by Gasteiger charge is -2.07. The molecule has 0 saturated carbocycles. The highest BCUT2D eigenvalue weighted by atomic mass is 14.8. The molecule has 1 heterocycles. The summed E-state index contributed by atoms with van der Waals surface area (Å²) in [4.78, 5) is 4.48. The van der Waals surface area contributed by atoms with E-state index in [1.165, 1.54) is 31.4 Å². The van der Waals surface area contributed by atoms with Crippen LogP contribution in [0.5, 0.6) is 0 Å². The first kappa shape index (κ1) is 7.78. The second-order valence-electron chi connectivity index (χ2n) is 3.52. The summed E-state index contributed by atoms with van der Waals surface area (Å²) in [5.74, 6) is 0. The van der Waals surface area contributed by atoms with E-state index >= 15 is 0 Å². The van der Waals surface area contributed by atoms with Crippen LogP contribution < -0.4 is 0 Å². The maximum absolute atomic E-state index is 4.48. The van der Waals surface area contributed by atoms with Gasteiger partial charge in [-0.2, -0.15) is 0 Å². The minimum Gasteiger partial charge on any atom is -0.294 e. The first-order chi connectivity index (χ1) is 5.95. The van der Waals surface area contributed by atoms with Crippen LogP contribution in [0.3, 0.4) is 0 Å². The fourth-order valence-electron chi connectivity index (χ4n) is 1.81. The first-order valence-electron chi connectivity index (χ1n) is 4.82. The van der Waals surface area contributed by atoms with E-state index in [4.69, 9.17) is 0 Å². The van der Waals surface area contributed by atoms with Crippen molar-refractivity contribution < 1.29 is 0 Å². The van der Waals surface area contributed by atoms with Crippen LogP contribution in [0.25, 0.3) is 0 Å². The molecule has 1 nitrogen and oxygen atoms in total. The molecule has 0 aromatic rings. The standard InChI is InChI=1S/C11H15N/c1-2-5-10(6-3-1)9-11-7-4-8-12-11/h1-2,5H,3-4,6-9H2. The van der Waals surface area contributed by atoms with Crippen molar-refractivity contribution in [1.29, 1.82) is 0 Å². The minimum absolute atomic E-state index is 1.07. The lowest BCUT2D eigenvalue weighted by atomic mass is 9.99. The Kier molecular flexibility index (Phi) is 2.40. The summed E-state index contributed by atoms with van der Waals surface area (Å²) in [5.41, 5.74) is 3.00. The van der Waals surface area contributed by atoms with Gasteiger partial charge in [0.1, 0.15) is 0 Å². The molecular formula is C11H15N. The summed E-state index contributed by atoms with van der Waals surface area (Å²) in [6, 6.07) is 0. The second-order valence-corrected chi connectivity index (χ2v) is 3.52. The molecule has 12 heavy (non-hydrogen) atoms. The third-order valence-corrected chi connectivity index (χ3v) is 2.49. The van der Waals surface area contributed by atoms with E-state index < -0.39 is 0 Å². The van der Waals surface area contributed by atoms with Gasteiger partial charge in [0.2, 0.25) is 0 Å². The maximum Gasteiger partial charge on any atom is 0.0392 e. The highest BCUT2D eigenvalue weighted by molar-refractivity contribution is 5.87. The Balaban J connectivity index is 1.93. The van der Waals surface area contributed by atoms with Crippen LogP contribution in [0.2, 0.25) is 0 Å². The smallest absolute Gasteiger partial charge is 0.0392 e. The third-order valence-electron chi connectivity index (χ3n) is 2.49. The molecule has 0 saturated heterocycles. The van der Waals surface area contributed by atoms with E-state index in [0.29, 0.717) is 0 Å². The zero-order chi connectivity index (χ0) is 8.23. The quantitative estimate of drug-likeness (QED) is 0.590. The zero-order valence-corrected chi connectivity index (χ0v) is 7.42. The molecule has 1 aliphatic carbocycles. The molecular weight excluding hydrogens is 146 g/mol. The van der Waals surface area contributed by atoms with Crippen molar-refractivity contribution in [3.63, 3.8) is 0 Å². The van der Waals surface area contributed by atoms with E-state index in [-0.39, 0.29) is 0 Å². The fourth-order valence-corrected chi connectivity index (χ4v) is 1.81. The van der Waals surface area contributed by atoms with Gasteiger partial charge in [0.25, 0.3) is 0 Å². The van der Waals surface area contributed by atoms with Gasteiger partial charge in [-0.1, -0.05) is 23.8 Å². The number of allylic oxidation sites excluding steroid dienone is 4. The third kappa shape index (κ3) is 1.84. The number of aliphatic imine (C=N–C) groups is 1. The van der Waals surface area contributed by atoms with Crippen LogP contribution in [0.4, 0.5) is 0 Å². The Morgan fingerprint density at radius 2 is 2.33 bits per heavy atom. The van der Waals surface area contributed by atoms with Crippen LogP contribution in [-0.2, 0) is 0 Å². The minimum atomic E-state index is 1.07. The fraction of sp³-hybridized carbons (Fsp3) is 0.545. The summed E-state index contributed by atoms with van der Waals surface area (Å²) in [7, 11) is 0. The second kappa shape index (κ2) is 3.70. The van der Waals surface area contributed by atoms with Crippen LogP contribution in [-0.4, -0.2) is 12.3 Å². The molecule has 0 bridgehead atoms. The highest BCUT2D eigenvalue weighted by Crippen LogP contribution is 2.19. The molecule has 1 heteroatoms. The topological polar surface area (TPSA) is 12.4 Å². The Bertz CT molecular complexity index is 246. The van der Waals surface area contributed by atoms with E-state index in [0.717, 1.165) is 13.0 Å². The van der Waals surface area contributed by atoms with Gasteiger partial charge >= 0.3 is 0 Å². The largest absolute Gasteiger partial charge is 0.294 e. The molecule has 0 atom stereocenters. The predicted molar refractivity (Wildman–Crippen MR) is 52.6 cm³/mol. The maximum atomic E-state index is 4.48. The van der Waals surface area contributed by atoms with Crippen molar-refractivity contribution in [3.8, 4) is 0 Å². The molecule has 0 fully saturated rings. The molecule has 2 rings (SSSR count). The van der Waals surface area contributed by atoms with Crippen molar-refractivity contribution in [2.75, 3.05) is 6.54 Å². The number of hydrogen-bond donors (Lipinski definition) is 0. The molecule has 0 aromatic heterocycles. The molecule has 0 aromatic carbocycles. The lowest BCUT2D eigenvalue weighted by molar-refractivity contribution is 0.924. The average molecular weight is 161 g/mol. The van der Waals surface area contributed by atoms with Crippen molar-refractivity contribution >= 4 is 5.71 Å². The molecule has 0 unspecified atom stereocenters. The normalized spacial score (nSPS) is 22.3. The summed E-state index contributed by atoms with van der Waals surface area (Å²) in [6.45, 7) is 1.07. The SMILES string of the molecule is C1=CCCC(CC2=NCCC2)=C1. The van der Waals surface area contributed by atoms with E-state index in [2.05, 4.69) is 23.2 Å². The van der Waals surface area contributed by atoms with Crippen LogP contribution in [0.15, 0.2) is 28.8 Å². The van der Waals surface area contributed by atoms with Gasteiger partial charge in [0.05, 0.1) is 0 Å². The molecule has 0 N–H and O–H groups in total. The Morgan fingerprint density at radius 1 is 1.33 bits per heavy atom. The summed E-state index contributed by atoms with van der Waals surface area (Å²) in [6.07, 6.45) is 12.8. The van der Waals surface area contributed by atoms with E-state index in [1.54, 1.807) is 5.57 Å². The van der Waals surface area contributed by atoms with Crippen molar-refractivity contribution in [2.24, 2.45) is 4.99 Å². The van der Waals surface area contributed by atoms with Gasteiger partial charge in [-0.05, 0) is 25.7 Å². The van der Waals surface area contributed by atoms with Crippen LogP contribution in [0, 0.1) is 0 Å². The lowest BCUT2D eigenvalue weighted by Crippen LogP contribution is -1.97. The monoisotopic (exact) mass is 161 g/mol. The molecule has 0 spiro atoms. The van der Waals surface area contributed by atoms with E-state index in [9.17, 15) is 0 Å². The first-order valence-corrected chi connectivity index (χ1v) is 4.82. The Morgan fingerprint density at radius 3 is 3.00 bits per heavy atom. The molecule has 1 aliphatic heterocycles. The van der Waals surface area contributed by atoms with E-state index in [1.807, 2.05) is 0 Å². The van der Waals surface area contributed by atoms with Gasteiger partial charge in [0, 0.05) is 18.7 Å². The van der Waals surface area contributed by atoms with Gasteiger partial charge in [-0.3, -0.25) is 4.99 Å². The van der Waals surface area contributed by atoms with Gasteiger partial charge in [-0.25, -0.2) is 0 Å². The summed E-state index contributed by atoms with van der Waals surface area (Å²) in [5, 5.41) is 0. The average Bonchev–Trinajstić information content (AvgIpc) is 2.59. The van der Waals surface area contributed by atoms with Crippen molar-refractivity contribution in [3.05, 3.63) is 23.8 Å².